The summed E-state index contributed by atoms with van der Waals surface area (Å²) in [5, 5.41) is 3.45. The quantitative estimate of drug-likeness (QED) is 0.521. The van der Waals surface area contributed by atoms with E-state index >= 15 is 0 Å². The molecule has 2 rings (SSSR count). The topological polar surface area (TPSA) is 21.3 Å². The van der Waals surface area contributed by atoms with Crippen LogP contribution in [0.25, 0.3) is 0 Å². The van der Waals surface area contributed by atoms with E-state index in [2.05, 4.69) is 66.1 Å². The van der Waals surface area contributed by atoms with Gasteiger partial charge in [-0.25, -0.2) is 0 Å². The second kappa shape index (κ2) is 8.20. The molecule has 0 aliphatic carbocycles. The van der Waals surface area contributed by atoms with Gasteiger partial charge in [0.05, 0.1) is 12.3 Å². The smallest absolute Gasteiger partial charge is 0.124 e. The van der Waals surface area contributed by atoms with Crippen LogP contribution in [0, 0.1) is 0 Å². The number of benzene rings is 2. The standard InChI is InChI=1S/C16H16Br3NO/c1-2-8-21-15-7-6-12(17)9-11(15)10-20-16-13(18)4-3-5-14(16)19/h3-7,9,20H,2,8,10H2,1H3. The molecule has 0 saturated heterocycles. The van der Waals surface area contributed by atoms with E-state index in [1.54, 1.807) is 0 Å². The van der Waals surface area contributed by atoms with Crippen LogP contribution in [0.15, 0.2) is 49.8 Å². The minimum atomic E-state index is 0.694. The van der Waals surface area contributed by atoms with Crippen molar-refractivity contribution < 1.29 is 4.74 Å². The molecule has 0 aromatic heterocycles. The molecular weight excluding hydrogens is 462 g/mol. The van der Waals surface area contributed by atoms with Crippen molar-refractivity contribution in [1.29, 1.82) is 0 Å². The average Bonchev–Trinajstić information content (AvgIpc) is 2.46. The first-order chi connectivity index (χ1) is 10.1. The third-order valence-electron chi connectivity index (χ3n) is 2.90. The van der Waals surface area contributed by atoms with Crippen molar-refractivity contribution in [3.8, 4) is 5.75 Å². The van der Waals surface area contributed by atoms with Crippen LogP contribution >= 0.6 is 47.8 Å². The summed E-state index contributed by atoms with van der Waals surface area (Å²) in [4.78, 5) is 0. The molecule has 0 bridgehead atoms. The maximum atomic E-state index is 5.81. The molecule has 0 radical (unpaired) electrons. The molecule has 5 heteroatoms. The lowest BCUT2D eigenvalue weighted by Gasteiger charge is -2.14. The summed E-state index contributed by atoms with van der Waals surface area (Å²) in [6.07, 6.45) is 0.999. The Labute approximate surface area is 150 Å². The Morgan fingerprint density at radius 2 is 1.76 bits per heavy atom. The van der Waals surface area contributed by atoms with E-state index in [9.17, 15) is 0 Å². The van der Waals surface area contributed by atoms with Crippen molar-refractivity contribution in [2.75, 3.05) is 11.9 Å². The highest BCUT2D eigenvalue weighted by molar-refractivity contribution is 9.11. The lowest BCUT2D eigenvalue weighted by Crippen LogP contribution is -2.05. The molecule has 112 valence electrons. The maximum absolute atomic E-state index is 5.81. The van der Waals surface area contributed by atoms with Crippen molar-refractivity contribution in [2.24, 2.45) is 0 Å². The zero-order valence-corrected chi connectivity index (χ0v) is 16.4. The van der Waals surface area contributed by atoms with Gasteiger partial charge in [-0.15, -0.1) is 0 Å². The lowest BCUT2D eigenvalue weighted by molar-refractivity contribution is 0.314. The molecule has 0 unspecified atom stereocenters. The second-order valence-electron chi connectivity index (χ2n) is 4.55. The molecule has 0 heterocycles. The number of para-hydroxylation sites is 1. The van der Waals surface area contributed by atoms with Gasteiger partial charge in [-0.2, -0.15) is 0 Å². The molecule has 1 N–H and O–H groups in total. The van der Waals surface area contributed by atoms with Gasteiger partial charge in [0.2, 0.25) is 0 Å². The van der Waals surface area contributed by atoms with E-state index < -0.39 is 0 Å². The third kappa shape index (κ3) is 4.73. The summed E-state index contributed by atoms with van der Waals surface area (Å²) in [5.41, 5.74) is 2.17. The normalized spacial score (nSPS) is 10.5. The van der Waals surface area contributed by atoms with Gasteiger partial charge in [-0.05, 0) is 68.6 Å². The first-order valence-corrected chi connectivity index (χ1v) is 9.09. The highest BCUT2D eigenvalue weighted by Gasteiger charge is 2.08. The first kappa shape index (κ1) is 16.8. The Morgan fingerprint density at radius 3 is 2.43 bits per heavy atom. The molecule has 0 fully saturated rings. The molecule has 0 aliphatic rings. The Kier molecular flexibility index (Phi) is 6.58. The molecule has 2 aromatic carbocycles. The lowest BCUT2D eigenvalue weighted by atomic mass is 10.2. The summed E-state index contributed by atoms with van der Waals surface area (Å²) in [6.45, 7) is 3.53. The van der Waals surface area contributed by atoms with Crippen molar-refractivity contribution in [3.63, 3.8) is 0 Å². The highest BCUT2D eigenvalue weighted by Crippen LogP contribution is 2.32. The fourth-order valence-electron chi connectivity index (χ4n) is 1.89. The van der Waals surface area contributed by atoms with E-state index in [1.807, 2.05) is 30.3 Å². The van der Waals surface area contributed by atoms with Gasteiger partial charge in [0.1, 0.15) is 5.75 Å². The molecule has 0 aliphatic heterocycles. The van der Waals surface area contributed by atoms with Gasteiger partial charge >= 0.3 is 0 Å². The summed E-state index contributed by atoms with van der Waals surface area (Å²) < 4.78 is 8.92. The largest absolute Gasteiger partial charge is 0.493 e. The number of anilines is 1. The zero-order valence-electron chi connectivity index (χ0n) is 11.6. The number of ether oxygens (including phenoxy) is 1. The molecular formula is C16H16Br3NO. The summed E-state index contributed by atoms with van der Waals surface area (Å²) in [6, 6.07) is 12.1. The number of halogens is 3. The number of hydrogen-bond donors (Lipinski definition) is 1. The van der Waals surface area contributed by atoms with Crippen molar-refractivity contribution in [2.45, 2.75) is 19.9 Å². The van der Waals surface area contributed by atoms with Gasteiger partial charge in [0.15, 0.2) is 0 Å². The van der Waals surface area contributed by atoms with Crippen LogP contribution in [0.2, 0.25) is 0 Å². The van der Waals surface area contributed by atoms with Gasteiger partial charge in [0.25, 0.3) is 0 Å². The monoisotopic (exact) mass is 475 g/mol. The molecule has 2 nitrogen and oxygen atoms in total. The van der Waals surface area contributed by atoms with Crippen LogP contribution in [0.3, 0.4) is 0 Å². The van der Waals surface area contributed by atoms with Crippen LogP contribution in [0.5, 0.6) is 5.75 Å². The fourth-order valence-corrected chi connectivity index (χ4v) is 3.58. The SMILES string of the molecule is CCCOc1ccc(Br)cc1CNc1c(Br)cccc1Br. The van der Waals surface area contributed by atoms with E-state index in [0.717, 1.165) is 43.4 Å². The predicted octanol–water partition coefficient (Wildman–Crippen LogP) is 6.38. The molecule has 0 atom stereocenters. The van der Waals surface area contributed by atoms with Crippen LogP contribution in [0.1, 0.15) is 18.9 Å². The highest BCUT2D eigenvalue weighted by atomic mass is 79.9. The second-order valence-corrected chi connectivity index (χ2v) is 7.18. The van der Waals surface area contributed by atoms with Gasteiger partial charge in [-0.1, -0.05) is 28.9 Å². The Morgan fingerprint density at radius 1 is 1.05 bits per heavy atom. The van der Waals surface area contributed by atoms with Crippen LogP contribution in [0.4, 0.5) is 5.69 Å². The predicted molar refractivity (Wildman–Crippen MR) is 99.1 cm³/mol. The summed E-state index contributed by atoms with van der Waals surface area (Å²) in [7, 11) is 0. The first-order valence-electron chi connectivity index (χ1n) is 6.71. The van der Waals surface area contributed by atoms with Crippen LogP contribution < -0.4 is 10.1 Å². The molecule has 0 saturated carbocycles. The third-order valence-corrected chi connectivity index (χ3v) is 4.72. The minimum Gasteiger partial charge on any atom is -0.493 e. The van der Waals surface area contributed by atoms with E-state index in [1.165, 1.54) is 0 Å². The van der Waals surface area contributed by atoms with Crippen LogP contribution in [-0.4, -0.2) is 6.61 Å². The van der Waals surface area contributed by atoms with E-state index in [-0.39, 0.29) is 0 Å². The summed E-state index contributed by atoms with van der Waals surface area (Å²) >= 11 is 10.6. The Bertz CT molecular complexity index is 596. The molecule has 21 heavy (non-hydrogen) atoms. The Hall–Kier alpha value is -0.520. The fraction of sp³-hybridized carbons (Fsp3) is 0.250. The van der Waals surface area contributed by atoms with E-state index in [0.29, 0.717) is 6.54 Å². The average molecular weight is 478 g/mol. The van der Waals surface area contributed by atoms with Crippen LogP contribution in [-0.2, 0) is 6.54 Å². The van der Waals surface area contributed by atoms with Gasteiger partial charge in [-0.3, -0.25) is 0 Å². The molecule has 2 aromatic rings. The molecule has 0 amide bonds. The molecule has 0 spiro atoms. The summed E-state index contributed by atoms with van der Waals surface area (Å²) in [5.74, 6) is 0.927. The zero-order chi connectivity index (χ0) is 15.2. The number of nitrogens with one attached hydrogen (secondary N) is 1. The van der Waals surface area contributed by atoms with Gasteiger partial charge < -0.3 is 10.1 Å². The van der Waals surface area contributed by atoms with Crippen molar-refractivity contribution in [1.82, 2.24) is 0 Å². The number of rotatable bonds is 6. The van der Waals surface area contributed by atoms with Gasteiger partial charge in [0, 0.05) is 25.5 Å². The minimum absolute atomic E-state index is 0.694. The maximum Gasteiger partial charge on any atom is 0.124 e. The van der Waals surface area contributed by atoms with Crippen molar-refractivity contribution in [3.05, 3.63) is 55.4 Å². The van der Waals surface area contributed by atoms with Crippen molar-refractivity contribution >= 4 is 53.5 Å². The van der Waals surface area contributed by atoms with E-state index in [4.69, 9.17) is 4.74 Å². The number of hydrogen-bond acceptors (Lipinski definition) is 2. The Balaban J connectivity index is 2.17.